The Morgan fingerprint density at radius 1 is 1.40 bits per heavy atom. The molecule has 20 heavy (non-hydrogen) atoms. The number of ether oxygens (including phenoxy) is 1. The molecule has 0 unspecified atom stereocenters. The van der Waals surface area contributed by atoms with Crippen LogP contribution in [-0.4, -0.2) is 42.4 Å². The average molecular weight is 301 g/mol. The number of methoxy groups -OCH3 is 1. The lowest BCUT2D eigenvalue weighted by atomic mass is 10.3. The summed E-state index contributed by atoms with van der Waals surface area (Å²) in [7, 11) is 1.31. The molecule has 1 amide bonds. The van der Waals surface area contributed by atoms with Crippen LogP contribution in [0.5, 0.6) is 0 Å². The Hall–Kier alpha value is -1.96. The Labute approximate surface area is 119 Å². The van der Waals surface area contributed by atoms with Gasteiger partial charge in [0.2, 0.25) is 11.7 Å². The summed E-state index contributed by atoms with van der Waals surface area (Å²) in [6.45, 7) is 0.382. The number of thioether (sulfide) groups is 1. The largest absolute Gasteiger partial charge is 0.475 e. The van der Waals surface area contributed by atoms with E-state index in [2.05, 4.69) is 10.1 Å². The number of carboxylic acids is 1. The molecular weight excluding hydrogens is 286 g/mol. The lowest BCUT2D eigenvalue weighted by Crippen LogP contribution is -2.26. The normalized spacial score (nSPS) is 10.1. The van der Waals surface area contributed by atoms with Gasteiger partial charge in [0.1, 0.15) is 0 Å². The number of esters is 1. The number of furan rings is 1. The van der Waals surface area contributed by atoms with Crippen LogP contribution in [0, 0.1) is 0 Å². The number of aromatic carboxylic acids is 1. The van der Waals surface area contributed by atoms with E-state index in [-0.39, 0.29) is 29.8 Å². The molecule has 1 heterocycles. The minimum absolute atomic E-state index is 0.116. The summed E-state index contributed by atoms with van der Waals surface area (Å²) in [5.41, 5.74) is 0. The molecule has 2 N–H and O–H groups in total. The number of nitrogens with one attached hydrogen (secondary N) is 1. The minimum atomic E-state index is -1.15. The molecule has 0 fully saturated rings. The van der Waals surface area contributed by atoms with Crippen LogP contribution in [0.15, 0.2) is 21.6 Å². The fourth-order valence-corrected chi connectivity index (χ4v) is 1.95. The van der Waals surface area contributed by atoms with Crippen molar-refractivity contribution in [1.82, 2.24) is 5.32 Å². The Morgan fingerprint density at radius 3 is 2.75 bits per heavy atom. The Balaban J connectivity index is 2.19. The first kappa shape index (κ1) is 16.1. The highest BCUT2D eigenvalue weighted by Crippen LogP contribution is 2.20. The SMILES string of the molecule is COC(=O)CCCNC(=O)CSc1ccc(C(=O)O)o1. The zero-order valence-electron chi connectivity index (χ0n) is 10.9. The summed E-state index contributed by atoms with van der Waals surface area (Å²) in [6, 6.07) is 2.83. The highest BCUT2D eigenvalue weighted by atomic mass is 32.2. The van der Waals surface area contributed by atoms with E-state index in [4.69, 9.17) is 9.52 Å². The monoisotopic (exact) mass is 301 g/mol. The molecule has 110 valence electrons. The number of carboxylic acid groups (broad SMARTS) is 1. The van der Waals surface area contributed by atoms with E-state index in [1.807, 2.05) is 0 Å². The number of hydrogen-bond acceptors (Lipinski definition) is 6. The zero-order valence-corrected chi connectivity index (χ0v) is 11.7. The molecule has 7 nitrogen and oxygen atoms in total. The van der Waals surface area contributed by atoms with Crippen molar-refractivity contribution in [2.24, 2.45) is 0 Å². The van der Waals surface area contributed by atoms with Gasteiger partial charge >= 0.3 is 11.9 Å². The van der Waals surface area contributed by atoms with Crippen LogP contribution < -0.4 is 5.32 Å². The smallest absolute Gasteiger partial charge is 0.371 e. The van der Waals surface area contributed by atoms with Crippen LogP contribution in [0.25, 0.3) is 0 Å². The Morgan fingerprint density at radius 2 is 2.15 bits per heavy atom. The average Bonchev–Trinajstić information content (AvgIpc) is 2.90. The van der Waals surface area contributed by atoms with Crippen LogP contribution in [0.1, 0.15) is 23.4 Å². The predicted molar refractivity (Wildman–Crippen MR) is 70.7 cm³/mol. The summed E-state index contributed by atoms with van der Waals surface area (Å²) in [5, 5.41) is 11.7. The Bertz CT molecular complexity index is 484. The second kappa shape index (κ2) is 8.26. The maximum absolute atomic E-state index is 11.5. The molecule has 8 heteroatoms. The molecule has 0 aliphatic carbocycles. The van der Waals surface area contributed by atoms with Gasteiger partial charge in [-0.1, -0.05) is 11.8 Å². The standard InChI is InChI=1S/C12H15NO6S/c1-18-10(15)3-2-6-13-9(14)7-20-11-5-4-8(19-11)12(16)17/h4-5H,2-3,6-7H2,1H3,(H,13,14)(H,16,17). The van der Waals surface area contributed by atoms with E-state index in [1.165, 1.54) is 19.2 Å². The van der Waals surface area contributed by atoms with Crippen LogP contribution in [0.4, 0.5) is 0 Å². The number of amides is 1. The first-order valence-electron chi connectivity index (χ1n) is 5.82. The van der Waals surface area contributed by atoms with Crippen molar-refractivity contribution >= 4 is 29.6 Å². The van der Waals surface area contributed by atoms with Crippen LogP contribution in [0.3, 0.4) is 0 Å². The first-order chi connectivity index (χ1) is 9.52. The van der Waals surface area contributed by atoms with Crippen molar-refractivity contribution < 1.29 is 28.6 Å². The van der Waals surface area contributed by atoms with E-state index in [1.54, 1.807) is 0 Å². The summed E-state index contributed by atoms with van der Waals surface area (Å²) >= 11 is 1.10. The van der Waals surface area contributed by atoms with Crippen molar-refractivity contribution in [3.05, 3.63) is 17.9 Å². The first-order valence-corrected chi connectivity index (χ1v) is 6.81. The van der Waals surface area contributed by atoms with Gasteiger partial charge in [-0.15, -0.1) is 0 Å². The van der Waals surface area contributed by atoms with Gasteiger partial charge in [0.05, 0.1) is 12.9 Å². The fraction of sp³-hybridized carbons (Fsp3) is 0.417. The lowest BCUT2D eigenvalue weighted by Gasteiger charge is -2.03. The third kappa shape index (κ3) is 5.79. The summed E-state index contributed by atoms with van der Waals surface area (Å²) in [4.78, 5) is 32.9. The summed E-state index contributed by atoms with van der Waals surface area (Å²) < 4.78 is 9.46. The van der Waals surface area contributed by atoms with Gasteiger partial charge in [0.25, 0.3) is 0 Å². The van der Waals surface area contributed by atoms with Gasteiger partial charge in [-0.3, -0.25) is 9.59 Å². The number of rotatable bonds is 8. The molecular formula is C12H15NO6S. The molecule has 0 saturated heterocycles. The third-order valence-corrected chi connectivity index (χ3v) is 3.16. The van der Waals surface area contributed by atoms with Crippen LogP contribution in [0.2, 0.25) is 0 Å². The molecule has 0 saturated carbocycles. The minimum Gasteiger partial charge on any atom is -0.475 e. The molecule has 0 aromatic carbocycles. The van der Waals surface area contributed by atoms with E-state index in [0.717, 1.165) is 11.8 Å². The van der Waals surface area contributed by atoms with Gasteiger partial charge in [-0.25, -0.2) is 4.79 Å². The second-order valence-electron chi connectivity index (χ2n) is 3.74. The van der Waals surface area contributed by atoms with Crippen molar-refractivity contribution in [3.8, 4) is 0 Å². The van der Waals surface area contributed by atoms with Crippen LogP contribution >= 0.6 is 11.8 Å². The number of hydrogen-bond donors (Lipinski definition) is 2. The maximum atomic E-state index is 11.5. The number of carbonyl (C=O) groups excluding carboxylic acids is 2. The molecule has 0 aliphatic rings. The van der Waals surface area contributed by atoms with Gasteiger partial charge in [0.15, 0.2) is 5.09 Å². The molecule has 1 rings (SSSR count). The molecule has 0 spiro atoms. The van der Waals surface area contributed by atoms with E-state index >= 15 is 0 Å². The molecule has 1 aromatic heterocycles. The second-order valence-corrected chi connectivity index (χ2v) is 4.72. The molecule has 0 radical (unpaired) electrons. The van der Waals surface area contributed by atoms with Gasteiger partial charge in [-0.05, 0) is 18.6 Å². The van der Waals surface area contributed by atoms with Crippen LogP contribution in [-0.2, 0) is 14.3 Å². The predicted octanol–water partition coefficient (Wildman–Crippen LogP) is 1.14. The topological polar surface area (TPSA) is 106 Å². The van der Waals surface area contributed by atoms with Gasteiger partial charge in [-0.2, -0.15) is 0 Å². The highest BCUT2D eigenvalue weighted by Gasteiger charge is 2.10. The Kier molecular flexibility index (Phi) is 6.65. The number of carbonyl (C=O) groups is 3. The molecule has 0 aliphatic heterocycles. The van der Waals surface area contributed by atoms with Crippen molar-refractivity contribution in [2.45, 2.75) is 17.9 Å². The van der Waals surface area contributed by atoms with E-state index in [9.17, 15) is 14.4 Å². The molecule has 0 bridgehead atoms. The van der Waals surface area contributed by atoms with Gasteiger partial charge in [0, 0.05) is 13.0 Å². The van der Waals surface area contributed by atoms with Crippen molar-refractivity contribution in [3.63, 3.8) is 0 Å². The van der Waals surface area contributed by atoms with E-state index < -0.39 is 5.97 Å². The van der Waals surface area contributed by atoms with Crippen molar-refractivity contribution in [1.29, 1.82) is 0 Å². The summed E-state index contributed by atoms with van der Waals surface area (Å²) in [6.07, 6.45) is 0.761. The summed E-state index contributed by atoms with van der Waals surface area (Å²) in [5.74, 6) is -1.72. The van der Waals surface area contributed by atoms with Crippen molar-refractivity contribution in [2.75, 3.05) is 19.4 Å². The molecule has 1 aromatic rings. The molecule has 0 atom stereocenters. The fourth-order valence-electron chi connectivity index (χ4n) is 1.26. The lowest BCUT2D eigenvalue weighted by molar-refractivity contribution is -0.140. The van der Waals surface area contributed by atoms with E-state index in [0.29, 0.717) is 18.1 Å². The van der Waals surface area contributed by atoms with Gasteiger partial charge < -0.3 is 19.6 Å². The maximum Gasteiger partial charge on any atom is 0.371 e. The zero-order chi connectivity index (χ0) is 15.0. The third-order valence-electron chi connectivity index (χ3n) is 2.25. The quantitative estimate of drug-likeness (QED) is 0.421. The highest BCUT2D eigenvalue weighted by molar-refractivity contribution is 7.99.